The van der Waals surface area contributed by atoms with Crippen molar-refractivity contribution in [2.24, 2.45) is 5.14 Å². The number of hydrogen-bond donors (Lipinski definition) is 2. The van der Waals surface area contributed by atoms with E-state index in [1.165, 1.54) is 6.92 Å². The molecule has 0 radical (unpaired) electrons. The molecule has 0 unspecified atom stereocenters. The molecule has 0 atom stereocenters. The van der Waals surface area contributed by atoms with Gasteiger partial charge in [0.2, 0.25) is 0 Å². The number of primary sulfonamides is 1. The van der Waals surface area contributed by atoms with Crippen molar-refractivity contribution in [2.75, 3.05) is 5.73 Å². The van der Waals surface area contributed by atoms with Gasteiger partial charge in [-0.3, -0.25) is 0 Å². The SMILES string of the molecule is Cc1cc(S(N)(=O)=O)nc(N)c1C(F)F. The molecule has 1 aromatic heterocycles. The minimum absolute atomic E-state index is 0.0431. The lowest BCUT2D eigenvalue weighted by Gasteiger charge is -2.09. The topological polar surface area (TPSA) is 99.1 Å². The molecule has 15 heavy (non-hydrogen) atoms. The molecule has 5 nitrogen and oxygen atoms in total. The molecule has 0 saturated heterocycles. The number of aryl methyl sites for hydroxylation is 1. The normalized spacial score (nSPS) is 12.1. The minimum Gasteiger partial charge on any atom is -0.383 e. The van der Waals surface area contributed by atoms with Gasteiger partial charge in [0.1, 0.15) is 5.82 Å². The Morgan fingerprint density at radius 2 is 2.00 bits per heavy atom. The molecule has 0 aliphatic heterocycles. The van der Waals surface area contributed by atoms with Crippen molar-refractivity contribution in [3.63, 3.8) is 0 Å². The molecule has 0 aliphatic carbocycles. The molecule has 0 aliphatic rings. The Bertz CT molecular complexity index is 464. The zero-order valence-corrected chi connectivity index (χ0v) is 8.55. The fraction of sp³-hybridized carbons (Fsp3) is 0.286. The van der Waals surface area contributed by atoms with Gasteiger partial charge in [-0.1, -0.05) is 0 Å². The second-order valence-corrected chi connectivity index (χ2v) is 4.43. The summed E-state index contributed by atoms with van der Waals surface area (Å²) >= 11 is 0. The minimum atomic E-state index is -4.03. The second-order valence-electron chi connectivity index (χ2n) is 2.92. The first kappa shape index (κ1) is 11.8. The number of rotatable bonds is 2. The zero-order chi connectivity index (χ0) is 11.8. The highest BCUT2D eigenvalue weighted by molar-refractivity contribution is 7.89. The summed E-state index contributed by atoms with van der Waals surface area (Å²) in [6.45, 7) is 1.31. The standard InChI is InChI=1S/C7H9F2N3O2S/c1-3-2-4(15(11,13)14)12-7(10)5(3)6(8)9/h2,6H,1H3,(H2,10,12)(H2,11,13,14). The van der Waals surface area contributed by atoms with Gasteiger partial charge in [-0.25, -0.2) is 27.3 Å². The van der Waals surface area contributed by atoms with Gasteiger partial charge >= 0.3 is 0 Å². The number of nitrogen functional groups attached to an aromatic ring is 1. The highest BCUT2D eigenvalue weighted by atomic mass is 32.2. The van der Waals surface area contributed by atoms with E-state index in [2.05, 4.69) is 4.98 Å². The summed E-state index contributed by atoms with van der Waals surface area (Å²) in [5, 5.41) is 4.28. The summed E-state index contributed by atoms with van der Waals surface area (Å²) in [5.41, 5.74) is 4.78. The fourth-order valence-electron chi connectivity index (χ4n) is 1.11. The first-order chi connectivity index (χ1) is 6.73. The largest absolute Gasteiger partial charge is 0.383 e. The molecule has 4 N–H and O–H groups in total. The molecule has 84 valence electrons. The number of nitrogens with zero attached hydrogens (tertiary/aromatic N) is 1. The number of alkyl halides is 2. The van der Waals surface area contributed by atoms with E-state index in [1.807, 2.05) is 0 Å². The van der Waals surface area contributed by atoms with Crippen LogP contribution in [0.25, 0.3) is 0 Å². The van der Waals surface area contributed by atoms with Crippen molar-refractivity contribution in [3.8, 4) is 0 Å². The Hall–Kier alpha value is -1.28. The predicted molar refractivity (Wildman–Crippen MR) is 49.7 cm³/mol. The lowest BCUT2D eigenvalue weighted by atomic mass is 10.1. The van der Waals surface area contributed by atoms with E-state index in [0.717, 1.165) is 6.07 Å². The van der Waals surface area contributed by atoms with Crippen LogP contribution in [-0.2, 0) is 10.0 Å². The summed E-state index contributed by atoms with van der Waals surface area (Å²) < 4.78 is 46.6. The van der Waals surface area contributed by atoms with Crippen molar-refractivity contribution in [3.05, 3.63) is 17.2 Å². The van der Waals surface area contributed by atoms with Crippen molar-refractivity contribution >= 4 is 15.8 Å². The van der Waals surface area contributed by atoms with Crippen LogP contribution in [0.2, 0.25) is 0 Å². The van der Waals surface area contributed by atoms with Gasteiger partial charge in [-0.15, -0.1) is 0 Å². The van der Waals surface area contributed by atoms with Gasteiger partial charge in [0.25, 0.3) is 16.4 Å². The molecule has 8 heteroatoms. The third-order valence-electron chi connectivity index (χ3n) is 1.78. The summed E-state index contributed by atoms with van der Waals surface area (Å²) in [7, 11) is -4.03. The lowest BCUT2D eigenvalue weighted by molar-refractivity contribution is 0.151. The molecule has 1 rings (SSSR count). The molecule has 0 saturated carbocycles. The number of pyridine rings is 1. The van der Waals surface area contributed by atoms with E-state index in [4.69, 9.17) is 10.9 Å². The molecule has 0 aromatic carbocycles. The van der Waals surface area contributed by atoms with Gasteiger partial charge in [0.15, 0.2) is 5.03 Å². The Labute approximate surface area is 85.2 Å². The molecule has 0 bridgehead atoms. The van der Waals surface area contributed by atoms with Crippen LogP contribution in [0.3, 0.4) is 0 Å². The molecular formula is C7H9F2N3O2S. The van der Waals surface area contributed by atoms with Gasteiger partial charge in [0.05, 0.1) is 5.56 Å². The smallest absolute Gasteiger partial charge is 0.267 e. The number of aromatic nitrogens is 1. The quantitative estimate of drug-likeness (QED) is 0.784. The Balaban J connectivity index is 3.45. The van der Waals surface area contributed by atoms with Crippen molar-refractivity contribution in [1.82, 2.24) is 4.98 Å². The molecule has 1 aromatic rings. The first-order valence-corrected chi connectivity index (χ1v) is 5.36. The number of hydrogen-bond acceptors (Lipinski definition) is 4. The number of anilines is 1. The molecule has 1 heterocycles. The highest BCUT2D eigenvalue weighted by Gasteiger charge is 2.20. The highest BCUT2D eigenvalue weighted by Crippen LogP contribution is 2.28. The van der Waals surface area contributed by atoms with Gasteiger partial charge < -0.3 is 5.73 Å². The van der Waals surface area contributed by atoms with Crippen LogP contribution in [0.1, 0.15) is 17.6 Å². The van der Waals surface area contributed by atoms with Gasteiger partial charge in [-0.2, -0.15) is 0 Å². The van der Waals surface area contributed by atoms with Crippen LogP contribution < -0.4 is 10.9 Å². The number of halogens is 2. The van der Waals surface area contributed by atoms with Crippen LogP contribution >= 0.6 is 0 Å². The predicted octanol–water partition coefficient (Wildman–Crippen LogP) is 0.557. The van der Waals surface area contributed by atoms with Crippen molar-refractivity contribution in [1.29, 1.82) is 0 Å². The third-order valence-corrected chi connectivity index (χ3v) is 2.57. The van der Waals surface area contributed by atoms with E-state index in [1.54, 1.807) is 0 Å². The Kier molecular flexibility index (Phi) is 2.91. The summed E-state index contributed by atoms with van der Waals surface area (Å²) in [6, 6.07) is 0.965. The maximum absolute atomic E-state index is 12.4. The maximum atomic E-state index is 12.4. The van der Waals surface area contributed by atoms with Crippen molar-refractivity contribution in [2.45, 2.75) is 18.4 Å². The molecule has 0 fully saturated rings. The van der Waals surface area contributed by atoms with Crippen molar-refractivity contribution < 1.29 is 17.2 Å². The van der Waals surface area contributed by atoms with Gasteiger partial charge in [0, 0.05) is 0 Å². The Morgan fingerprint density at radius 1 is 1.47 bits per heavy atom. The molecular weight excluding hydrogens is 228 g/mol. The third kappa shape index (κ3) is 2.39. The zero-order valence-electron chi connectivity index (χ0n) is 7.74. The van der Waals surface area contributed by atoms with Crippen LogP contribution in [0, 0.1) is 6.92 Å². The van der Waals surface area contributed by atoms with E-state index in [9.17, 15) is 17.2 Å². The Morgan fingerprint density at radius 3 is 2.33 bits per heavy atom. The lowest BCUT2D eigenvalue weighted by Crippen LogP contribution is -2.16. The van der Waals surface area contributed by atoms with Crippen LogP contribution in [0.5, 0.6) is 0 Å². The van der Waals surface area contributed by atoms with Crippen LogP contribution in [-0.4, -0.2) is 13.4 Å². The fourth-order valence-corrected chi connectivity index (χ4v) is 1.67. The summed E-state index contributed by atoms with van der Waals surface area (Å²) in [5.74, 6) is -0.519. The van der Waals surface area contributed by atoms with Crippen LogP contribution in [0.15, 0.2) is 11.1 Å². The average molecular weight is 237 g/mol. The van der Waals surface area contributed by atoms with E-state index in [-0.39, 0.29) is 5.56 Å². The maximum Gasteiger partial charge on any atom is 0.267 e. The number of nitrogens with two attached hydrogens (primary N) is 2. The van der Waals surface area contributed by atoms with Crippen LogP contribution in [0.4, 0.5) is 14.6 Å². The summed E-state index contributed by atoms with van der Waals surface area (Å²) in [4.78, 5) is 3.31. The summed E-state index contributed by atoms with van der Waals surface area (Å²) in [6.07, 6.45) is -2.80. The molecule has 0 amide bonds. The second kappa shape index (κ2) is 3.70. The van der Waals surface area contributed by atoms with Gasteiger partial charge in [-0.05, 0) is 18.6 Å². The first-order valence-electron chi connectivity index (χ1n) is 3.81. The number of sulfonamides is 1. The van der Waals surface area contributed by atoms with E-state index in [0.29, 0.717) is 0 Å². The molecule has 0 spiro atoms. The van der Waals surface area contributed by atoms with E-state index >= 15 is 0 Å². The van der Waals surface area contributed by atoms with E-state index < -0.39 is 32.9 Å². The monoisotopic (exact) mass is 237 g/mol. The average Bonchev–Trinajstić information content (AvgIpc) is 1.99.